The van der Waals surface area contributed by atoms with Gasteiger partial charge in [-0.05, 0) is 32.1 Å². The summed E-state index contributed by atoms with van der Waals surface area (Å²) in [5.41, 5.74) is -1.12. The van der Waals surface area contributed by atoms with E-state index in [4.69, 9.17) is 9.47 Å². The second-order valence-corrected chi connectivity index (χ2v) is 22.8. The molecule has 1 fully saturated rings. The van der Waals surface area contributed by atoms with Crippen LogP contribution < -0.4 is 0 Å². The number of hydrogen-bond acceptors (Lipinski definition) is 6. The van der Waals surface area contributed by atoms with Gasteiger partial charge in [-0.2, -0.15) is 0 Å². The smallest absolute Gasteiger partial charge is 0.309 e. The van der Waals surface area contributed by atoms with Gasteiger partial charge in [0.05, 0.1) is 31.0 Å². The Kier molecular flexibility index (Phi) is 51.3. The summed E-state index contributed by atoms with van der Waals surface area (Å²) in [7, 11) is 0. The SMILES string of the molecule is CCCCCCCCCCCCCCCCCCCCCCCCCC/C=C/CCCCCCCCCCCCCCCCCCCCCCCCCCCC1CC(=O)OCC(CO)(CO)COC1=O. The first kappa shape index (κ1) is 66.6. The third-order valence-corrected chi connectivity index (χ3v) is 15.8. The minimum atomic E-state index is -1.12. The van der Waals surface area contributed by atoms with Gasteiger partial charge in [0.2, 0.25) is 0 Å². The van der Waals surface area contributed by atoms with Crippen LogP contribution in [0, 0.1) is 11.3 Å². The number of esters is 2. The van der Waals surface area contributed by atoms with Crippen molar-refractivity contribution >= 4 is 11.9 Å². The van der Waals surface area contributed by atoms with Gasteiger partial charge in [-0.3, -0.25) is 9.59 Å². The quantitative estimate of drug-likeness (QED) is 0.0358. The molecule has 414 valence electrons. The summed E-state index contributed by atoms with van der Waals surface area (Å²) < 4.78 is 10.6. The predicted molar refractivity (Wildman–Crippen MR) is 302 cm³/mol. The number of allylic oxidation sites excluding steroid dienone is 2. The van der Waals surface area contributed by atoms with Gasteiger partial charge >= 0.3 is 11.9 Å². The van der Waals surface area contributed by atoms with Crippen LogP contribution in [0.4, 0.5) is 0 Å². The standard InChI is InChI=1S/C64H122O6/c1-2-3-4-5-6-7-8-9-10-11-12-13-14-15-16-17-18-19-20-21-22-23-24-25-26-27-28-29-30-31-32-33-34-35-36-37-38-39-40-41-42-43-44-45-46-47-48-49-50-51-52-53-54-55-61-56-62(67)69-59-64(57-65,58-66)60-70-63(61)68/h27-28,61,65-66H,2-26,29-60H2,1H3/b28-27+. The van der Waals surface area contributed by atoms with Crippen molar-refractivity contribution in [1.82, 2.24) is 0 Å². The molecule has 6 heteroatoms. The molecule has 0 amide bonds. The van der Waals surface area contributed by atoms with Crippen molar-refractivity contribution in [2.24, 2.45) is 11.3 Å². The van der Waals surface area contributed by atoms with Crippen LogP contribution in [0.5, 0.6) is 0 Å². The van der Waals surface area contributed by atoms with E-state index in [-0.39, 0.29) is 19.6 Å². The highest BCUT2D eigenvalue weighted by Gasteiger charge is 2.36. The van der Waals surface area contributed by atoms with E-state index in [0.29, 0.717) is 6.42 Å². The van der Waals surface area contributed by atoms with E-state index in [1.165, 1.54) is 308 Å². The zero-order valence-corrected chi connectivity index (χ0v) is 47.1. The second-order valence-electron chi connectivity index (χ2n) is 22.8. The van der Waals surface area contributed by atoms with E-state index < -0.39 is 36.5 Å². The van der Waals surface area contributed by atoms with Crippen molar-refractivity contribution in [2.45, 2.75) is 347 Å². The number of aliphatic hydroxyl groups excluding tert-OH is 2. The van der Waals surface area contributed by atoms with Crippen LogP contribution in [0.1, 0.15) is 347 Å². The van der Waals surface area contributed by atoms with Crippen LogP contribution >= 0.6 is 0 Å². The highest BCUT2D eigenvalue weighted by molar-refractivity contribution is 5.80. The Balaban J connectivity index is 1.69. The second kappa shape index (κ2) is 53.9. The summed E-state index contributed by atoms with van der Waals surface area (Å²) in [5.74, 6) is -1.40. The van der Waals surface area contributed by atoms with Crippen molar-refractivity contribution in [2.75, 3.05) is 26.4 Å². The van der Waals surface area contributed by atoms with E-state index in [0.717, 1.165) is 19.3 Å². The maximum Gasteiger partial charge on any atom is 0.309 e. The highest BCUT2D eigenvalue weighted by atomic mass is 16.6. The van der Waals surface area contributed by atoms with Crippen LogP contribution in [-0.4, -0.2) is 48.6 Å². The zero-order chi connectivity index (χ0) is 50.4. The van der Waals surface area contributed by atoms with E-state index in [1.54, 1.807) is 0 Å². The molecule has 1 unspecified atom stereocenters. The van der Waals surface area contributed by atoms with Gasteiger partial charge in [0.25, 0.3) is 0 Å². The summed E-state index contributed by atoms with van der Waals surface area (Å²) in [6, 6.07) is 0. The summed E-state index contributed by atoms with van der Waals surface area (Å²) in [6.07, 6.45) is 77.2. The first-order chi connectivity index (χ1) is 34.6. The fourth-order valence-corrected chi connectivity index (χ4v) is 10.6. The Hall–Kier alpha value is -1.40. The van der Waals surface area contributed by atoms with Gasteiger partial charge < -0.3 is 19.7 Å². The molecule has 0 spiro atoms. The molecular formula is C64H122O6. The van der Waals surface area contributed by atoms with E-state index in [2.05, 4.69) is 19.1 Å². The Morgan fingerprint density at radius 2 is 0.614 bits per heavy atom. The summed E-state index contributed by atoms with van der Waals surface area (Å²) in [4.78, 5) is 24.7. The van der Waals surface area contributed by atoms with Gasteiger partial charge in [0.1, 0.15) is 13.2 Å². The van der Waals surface area contributed by atoms with Gasteiger partial charge in [-0.1, -0.05) is 321 Å². The molecule has 1 saturated heterocycles. The average molecular weight is 988 g/mol. The molecule has 1 atom stereocenters. The molecule has 0 aromatic carbocycles. The fourth-order valence-electron chi connectivity index (χ4n) is 10.6. The molecule has 0 aromatic rings. The summed E-state index contributed by atoms with van der Waals surface area (Å²) in [6.45, 7) is 1.21. The number of unbranched alkanes of at least 4 members (excludes halogenated alkanes) is 49. The minimum Gasteiger partial charge on any atom is -0.465 e. The summed E-state index contributed by atoms with van der Waals surface area (Å²) in [5, 5.41) is 19.2. The Bertz CT molecular complexity index is 1100. The predicted octanol–water partition coefficient (Wildman–Crippen LogP) is 19.9. The highest BCUT2D eigenvalue weighted by Crippen LogP contribution is 2.25. The van der Waals surface area contributed by atoms with Crippen molar-refractivity contribution in [3.63, 3.8) is 0 Å². The molecule has 6 nitrogen and oxygen atoms in total. The van der Waals surface area contributed by atoms with Crippen molar-refractivity contribution in [3.05, 3.63) is 12.2 Å². The normalized spacial score (nSPS) is 15.3. The molecular weight excluding hydrogens is 865 g/mol. The molecule has 70 heavy (non-hydrogen) atoms. The van der Waals surface area contributed by atoms with Gasteiger partial charge in [0, 0.05) is 0 Å². The molecule has 1 rings (SSSR count). The topological polar surface area (TPSA) is 93.1 Å². The van der Waals surface area contributed by atoms with Crippen LogP contribution in [0.15, 0.2) is 12.2 Å². The Morgan fingerprint density at radius 3 is 0.886 bits per heavy atom. The lowest BCUT2D eigenvalue weighted by Crippen LogP contribution is -2.40. The lowest BCUT2D eigenvalue weighted by molar-refractivity contribution is -0.155. The van der Waals surface area contributed by atoms with E-state index in [9.17, 15) is 19.8 Å². The number of carbonyl (C=O) groups excluding carboxylic acids is 2. The maximum atomic E-state index is 12.5. The molecule has 1 heterocycles. The number of aliphatic hydroxyl groups is 2. The third kappa shape index (κ3) is 45.2. The molecule has 2 N–H and O–H groups in total. The largest absolute Gasteiger partial charge is 0.465 e. The number of rotatable bonds is 55. The fraction of sp³-hybridized carbons (Fsp3) is 0.938. The molecule has 0 saturated carbocycles. The molecule has 0 bridgehead atoms. The van der Waals surface area contributed by atoms with Gasteiger partial charge in [-0.25, -0.2) is 0 Å². The Morgan fingerprint density at radius 1 is 0.371 bits per heavy atom. The number of hydrogen-bond donors (Lipinski definition) is 2. The van der Waals surface area contributed by atoms with E-state index in [1.807, 2.05) is 0 Å². The molecule has 1 aliphatic heterocycles. The zero-order valence-electron chi connectivity index (χ0n) is 47.1. The molecule has 0 aromatic heterocycles. The van der Waals surface area contributed by atoms with Crippen molar-refractivity contribution in [1.29, 1.82) is 0 Å². The first-order valence-corrected chi connectivity index (χ1v) is 31.8. The minimum absolute atomic E-state index is 0.00449. The lowest BCUT2D eigenvalue weighted by atomic mass is 9.92. The van der Waals surface area contributed by atoms with Crippen molar-refractivity contribution < 1.29 is 29.3 Å². The van der Waals surface area contributed by atoms with E-state index >= 15 is 0 Å². The Labute approximate surface area is 436 Å². The lowest BCUT2D eigenvalue weighted by Gasteiger charge is -2.27. The molecule has 0 aliphatic carbocycles. The summed E-state index contributed by atoms with van der Waals surface area (Å²) >= 11 is 0. The van der Waals surface area contributed by atoms with Crippen LogP contribution in [0.25, 0.3) is 0 Å². The number of ether oxygens (including phenoxy) is 2. The average Bonchev–Trinajstić information content (AvgIpc) is 3.43. The number of carbonyl (C=O) groups is 2. The third-order valence-electron chi connectivity index (χ3n) is 15.8. The molecule has 1 aliphatic rings. The maximum absolute atomic E-state index is 12.5. The van der Waals surface area contributed by atoms with Crippen LogP contribution in [0.2, 0.25) is 0 Å². The van der Waals surface area contributed by atoms with Crippen LogP contribution in [-0.2, 0) is 19.1 Å². The number of cyclic esters (lactones) is 2. The first-order valence-electron chi connectivity index (χ1n) is 31.8. The van der Waals surface area contributed by atoms with Gasteiger partial charge in [-0.15, -0.1) is 0 Å². The molecule has 0 radical (unpaired) electrons. The van der Waals surface area contributed by atoms with Crippen molar-refractivity contribution in [3.8, 4) is 0 Å². The van der Waals surface area contributed by atoms with Gasteiger partial charge in [0.15, 0.2) is 0 Å². The van der Waals surface area contributed by atoms with Crippen LogP contribution in [0.3, 0.4) is 0 Å². The monoisotopic (exact) mass is 987 g/mol.